The number of fused-ring (bicyclic) bond motifs is 14. The van der Waals surface area contributed by atoms with Crippen LogP contribution in [0.5, 0.6) is 0 Å². The van der Waals surface area contributed by atoms with Crippen LogP contribution in [0.3, 0.4) is 0 Å². The Hall–Kier alpha value is -12.4. The molecule has 0 aliphatic heterocycles. The number of hydrogen-bond acceptors (Lipinski definition) is 2. The predicted molar refractivity (Wildman–Crippen MR) is 399 cm³/mol. The van der Waals surface area contributed by atoms with Crippen LogP contribution < -0.4 is 0 Å². The van der Waals surface area contributed by atoms with Gasteiger partial charge >= 0.3 is 0 Å². The number of benzene rings is 18. The van der Waals surface area contributed by atoms with Crippen molar-refractivity contribution in [1.29, 1.82) is 0 Å². The highest BCUT2D eigenvalue weighted by atomic mass is 16.3. The fourth-order valence-electron chi connectivity index (χ4n) is 15.9. The Morgan fingerprint density at radius 2 is 0.543 bits per heavy atom. The molecule has 0 spiro atoms. The molecule has 0 amide bonds. The van der Waals surface area contributed by atoms with Gasteiger partial charge in [0.2, 0.25) is 0 Å². The summed E-state index contributed by atoms with van der Waals surface area (Å²) in [6, 6.07) is 121. The highest BCUT2D eigenvalue weighted by Gasteiger charge is 2.26. The Morgan fingerprint density at radius 1 is 0.160 bits per heavy atom. The quantitative estimate of drug-likeness (QED) is 0.149. The fourth-order valence-corrected chi connectivity index (χ4v) is 15.9. The van der Waals surface area contributed by atoms with Crippen molar-refractivity contribution in [3.63, 3.8) is 0 Å². The number of rotatable bonds is 7. The minimum Gasteiger partial charge on any atom is -0.456 e. The van der Waals surface area contributed by atoms with Crippen molar-refractivity contribution < 1.29 is 8.83 Å². The zero-order valence-electron chi connectivity index (χ0n) is 51.0. The highest BCUT2D eigenvalue weighted by molar-refractivity contribution is 6.29. The molecule has 94 heavy (non-hydrogen) atoms. The van der Waals surface area contributed by atoms with E-state index < -0.39 is 0 Å². The summed E-state index contributed by atoms with van der Waals surface area (Å²) in [6.45, 7) is 0. The molecule has 0 aliphatic rings. The van der Waals surface area contributed by atoms with Gasteiger partial charge < -0.3 is 8.83 Å². The van der Waals surface area contributed by atoms with Gasteiger partial charge in [0.05, 0.1) is 0 Å². The summed E-state index contributed by atoms with van der Waals surface area (Å²) in [5.41, 5.74) is 19.8. The molecule has 0 aliphatic carbocycles. The largest absolute Gasteiger partial charge is 0.456 e. The molecule has 0 radical (unpaired) electrons. The van der Waals surface area contributed by atoms with Crippen molar-refractivity contribution >= 4 is 130 Å². The van der Waals surface area contributed by atoms with Crippen LogP contribution in [0.2, 0.25) is 0 Å². The molecule has 2 nitrogen and oxygen atoms in total. The lowest BCUT2D eigenvalue weighted by Gasteiger charge is -2.20. The Labute approximate surface area is 541 Å². The van der Waals surface area contributed by atoms with Gasteiger partial charge in [-0.25, -0.2) is 0 Å². The van der Waals surface area contributed by atoms with E-state index in [9.17, 15) is 0 Å². The first kappa shape index (κ1) is 52.4. The molecule has 434 valence electrons. The van der Waals surface area contributed by atoms with Crippen molar-refractivity contribution in [1.82, 2.24) is 0 Å². The normalized spacial score (nSPS) is 12.0. The number of furan rings is 2. The van der Waals surface area contributed by atoms with Crippen molar-refractivity contribution in [3.8, 4) is 77.9 Å². The summed E-state index contributed by atoms with van der Waals surface area (Å²) in [5.74, 6) is 0. The summed E-state index contributed by atoms with van der Waals surface area (Å²) in [6.07, 6.45) is 0. The lowest BCUT2D eigenvalue weighted by atomic mass is 9.82. The third-order valence-electron chi connectivity index (χ3n) is 20.1. The first-order valence-electron chi connectivity index (χ1n) is 32.4. The lowest BCUT2D eigenvalue weighted by Crippen LogP contribution is -1.93. The van der Waals surface area contributed by atoms with Gasteiger partial charge in [-0.1, -0.05) is 267 Å². The molecule has 18 aromatic carbocycles. The molecule has 2 heteroatoms. The van der Waals surface area contributed by atoms with Gasteiger partial charge in [0.25, 0.3) is 0 Å². The van der Waals surface area contributed by atoms with Crippen molar-refractivity contribution in [3.05, 3.63) is 328 Å². The van der Waals surface area contributed by atoms with E-state index in [2.05, 4.69) is 328 Å². The summed E-state index contributed by atoms with van der Waals surface area (Å²) < 4.78 is 14.0. The van der Waals surface area contributed by atoms with Gasteiger partial charge in [-0.2, -0.15) is 0 Å². The molecule has 0 fully saturated rings. The fraction of sp³-hybridized carbons (Fsp3) is 0. The van der Waals surface area contributed by atoms with Crippen LogP contribution >= 0.6 is 0 Å². The average Bonchev–Trinajstić information content (AvgIpc) is 1.29. The molecule has 0 bridgehead atoms. The first-order chi connectivity index (χ1) is 46.6. The first-order valence-corrected chi connectivity index (χ1v) is 32.4. The van der Waals surface area contributed by atoms with E-state index in [1.165, 1.54) is 120 Å². The Balaban J connectivity index is 0.749. The number of para-hydroxylation sites is 2. The lowest BCUT2D eigenvalue weighted by molar-refractivity contribution is 0.669. The van der Waals surface area contributed by atoms with Gasteiger partial charge in [0, 0.05) is 32.7 Å². The van der Waals surface area contributed by atoms with Gasteiger partial charge in [0.1, 0.15) is 22.3 Å². The van der Waals surface area contributed by atoms with E-state index in [4.69, 9.17) is 8.83 Å². The molecular weight excluding hydrogens is 1140 g/mol. The topological polar surface area (TPSA) is 26.3 Å². The predicted octanol–water partition coefficient (Wildman–Crippen LogP) is 26.4. The van der Waals surface area contributed by atoms with E-state index in [0.29, 0.717) is 0 Å². The van der Waals surface area contributed by atoms with Crippen LogP contribution in [0.15, 0.2) is 336 Å². The van der Waals surface area contributed by atoms with E-state index >= 15 is 0 Å². The summed E-state index contributed by atoms with van der Waals surface area (Å²) >= 11 is 0. The molecule has 20 aromatic rings. The Bertz CT molecular complexity index is 6500. The van der Waals surface area contributed by atoms with Crippen LogP contribution in [0.4, 0.5) is 0 Å². The summed E-state index contributed by atoms with van der Waals surface area (Å²) in [7, 11) is 0. The van der Waals surface area contributed by atoms with E-state index in [0.717, 1.165) is 88.2 Å². The standard InChI is InChI=1S/C92H54O2/c1-4-21-58-48-63(39-36-55(58)18-1)68-53-81(90-78-32-15-16-35-82(78)93-84(90)54-68)89-76-30-13-9-26-72(76)86(73-27-10-14-31-77(73)89)66-45-41-61-49-64(42-40-62(61)52-66)69-33-17-34-80-91-83(94-92(69)80)47-46-79(87(91)67-44-38-57-20-3-6-23-60(57)51-67)88-74-28-11-7-24-70(74)85(71-25-8-12-29-75(71)88)65-43-37-56-19-2-5-22-59(56)50-65/h1-54H. The molecular formula is C92H54O2. The Kier molecular flexibility index (Phi) is 11.5. The second-order valence-corrected chi connectivity index (χ2v) is 25.3. The van der Waals surface area contributed by atoms with Crippen LogP contribution in [0.25, 0.3) is 208 Å². The SMILES string of the molecule is c1ccc2cc(-c3cc(-c4c5ccccc5c(-c5ccc6cc(-c7cccc8c7oc7ccc(-c9c%10ccccc%10c(-c%10ccc%11ccccc%11c%10)c%10ccccc9%10)c(-c9ccc%10ccccc%10c9)c78)ccc6c5)c5ccccc45)c4c(c3)oc3ccccc34)ccc2c1. The third-order valence-corrected chi connectivity index (χ3v) is 20.1. The van der Waals surface area contributed by atoms with Crippen molar-refractivity contribution in [2.24, 2.45) is 0 Å². The van der Waals surface area contributed by atoms with Crippen LogP contribution in [-0.4, -0.2) is 0 Å². The maximum absolute atomic E-state index is 7.26. The zero-order valence-corrected chi connectivity index (χ0v) is 51.0. The maximum Gasteiger partial charge on any atom is 0.143 e. The summed E-state index contributed by atoms with van der Waals surface area (Å²) in [5, 5.41) is 23.7. The van der Waals surface area contributed by atoms with E-state index in [1.807, 2.05) is 0 Å². The minimum absolute atomic E-state index is 0.854. The second kappa shape index (κ2) is 20.6. The van der Waals surface area contributed by atoms with Crippen LogP contribution in [0, 0.1) is 0 Å². The van der Waals surface area contributed by atoms with Gasteiger partial charge in [-0.3, -0.25) is 0 Å². The number of hydrogen-bond donors (Lipinski definition) is 0. The molecule has 0 unspecified atom stereocenters. The Morgan fingerprint density at radius 3 is 1.07 bits per heavy atom. The molecule has 0 atom stereocenters. The van der Waals surface area contributed by atoms with E-state index in [1.54, 1.807) is 0 Å². The second-order valence-electron chi connectivity index (χ2n) is 25.3. The zero-order chi connectivity index (χ0) is 61.5. The smallest absolute Gasteiger partial charge is 0.143 e. The van der Waals surface area contributed by atoms with Gasteiger partial charge in [-0.15, -0.1) is 0 Å². The average molecular weight is 1190 g/mol. The monoisotopic (exact) mass is 1190 g/mol. The van der Waals surface area contributed by atoms with Crippen molar-refractivity contribution in [2.45, 2.75) is 0 Å². The third kappa shape index (κ3) is 8.03. The minimum atomic E-state index is 0.854. The molecule has 0 N–H and O–H groups in total. The van der Waals surface area contributed by atoms with Gasteiger partial charge in [-0.05, 0) is 214 Å². The molecule has 2 aromatic heterocycles. The van der Waals surface area contributed by atoms with Crippen molar-refractivity contribution in [2.75, 3.05) is 0 Å². The molecule has 2 heterocycles. The molecule has 0 saturated heterocycles. The van der Waals surface area contributed by atoms with Crippen LogP contribution in [0.1, 0.15) is 0 Å². The van der Waals surface area contributed by atoms with E-state index in [-0.39, 0.29) is 0 Å². The molecule has 0 saturated carbocycles. The highest BCUT2D eigenvalue weighted by Crippen LogP contribution is 2.53. The summed E-state index contributed by atoms with van der Waals surface area (Å²) in [4.78, 5) is 0. The molecule has 20 rings (SSSR count). The van der Waals surface area contributed by atoms with Crippen LogP contribution in [-0.2, 0) is 0 Å². The van der Waals surface area contributed by atoms with Gasteiger partial charge in [0.15, 0.2) is 0 Å². The maximum atomic E-state index is 7.26.